The number of rotatable bonds is 7. The molecule has 26 heavy (non-hydrogen) atoms. The highest BCUT2D eigenvalue weighted by molar-refractivity contribution is 7.90. The minimum Gasteiger partial charge on any atom is -0.349 e. The second-order valence-corrected chi connectivity index (χ2v) is 8.80. The van der Waals surface area contributed by atoms with Crippen LogP contribution in [0.1, 0.15) is 19.4 Å². The molecule has 8 heteroatoms. The number of nitrogens with two attached hydrogens (primary N) is 1. The Hall–Kier alpha value is -2.32. The quantitative estimate of drug-likeness (QED) is 0.629. The van der Waals surface area contributed by atoms with Crippen molar-refractivity contribution in [2.24, 2.45) is 5.11 Å². The SMILES string of the molecule is CCN(CC)c1nc2cc(S(=O)(=O)Cc3ccccc3)c(N=[NH2+])cc2s1. The lowest BCUT2D eigenvalue weighted by Crippen LogP contribution is -2.22. The van der Waals surface area contributed by atoms with E-state index in [1.54, 1.807) is 24.3 Å². The fourth-order valence-electron chi connectivity index (χ4n) is 2.78. The molecule has 3 rings (SSSR count). The van der Waals surface area contributed by atoms with E-state index in [9.17, 15) is 8.42 Å². The van der Waals surface area contributed by atoms with Crippen LogP contribution in [-0.4, -0.2) is 26.5 Å². The third-order valence-corrected chi connectivity index (χ3v) is 6.95. The van der Waals surface area contributed by atoms with Gasteiger partial charge in [0.1, 0.15) is 10.6 Å². The maximum atomic E-state index is 12.9. The van der Waals surface area contributed by atoms with Crippen LogP contribution in [0.4, 0.5) is 10.8 Å². The Balaban J connectivity index is 2.08. The molecule has 0 atom stereocenters. The van der Waals surface area contributed by atoms with Crippen molar-refractivity contribution in [1.29, 1.82) is 0 Å². The van der Waals surface area contributed by atoms with Crippen LogP contribution in [0.5, 0.6) is 0 Å². The van der Waals surface area contributed by atoms with E-state index in [4.69, 9.17) is 5.53 Å². The van der Waals surface area contributed by atoms with Crippen LogP contribution in [-0.2, 0) is 15.6 Å². The van der Waals surface area contributed by atoms with Crippen molar-refractivity contribution < 1.29 is 13.9 Å². The van der Waals surface area contributed by atoms with Gasteiger partial charge in [-0.05, 0) is 36.7 Å². The van der Waals surface area contributed by atoms with Crippen molar-refractivity contribution in [2.75, 3.05) is 18.0 Å². The van der Waals surface area contributed by atoms with E-state index in [-0.39, 0.29) is 16.3 Å². The molecular weight excluding hydrogens is 368 g/mol. The van der Waals surface area contributed by atoms with Gasteiger partial charge in [-0.1, -0.05) is 41.7 Å². The maximum Gasteiger partial charge on any atom is 0.186 e. The van der Waals surface area contributed by atoms with E-state index in [0.717, 1.165) is 28.5 Å². The molecule has 0 saturated carbocycles. The predicted molar refractivity (Wildman–Crippen MR) is 105 cm³/mol. The number of hydrogen-bond donors (Lipinski definition) is 1. The van der Waals surface area contributed by atoms with Gasteiger partial charge in [-0.3, -0.25) is 0 Å². The highest BCUT2D eigenvalue weighted by Crippen LogP contribution is 2.36. The van der Waals surface area contributed by atoms with E-state index in [1.807, 2.05) is 18.2 Å². The Bertz CT molecular complexity index is 1030. The number of benzene rings is 2. The Morgan fingerprint density at radius 1 is 1.15 bits per heavy atom. The highest BCUT2D eigenvalue weighted by Gasteiger charge is 2.23. The van der Waals surface area contributed by atoms with Crippen LogP contribution in [0.15, 0.2) is 52.5 Å². The number of sulfone groups is 1. The molecule has 0 radical (unpaired) electrons. The monoisotopic (exact) mass is 389 g/mol. The van der Waals surface area contributed by atoms with Crippen LogP contribution in [0, 0.1) is 0 Å². The number of aromatic nitrogens is 1. The van der Waals surface area contributed by atoms with Crippen molar-refractivity contribution in [3.63, 3.8) is 0 Å². The van der Waals surface area contributed by atoms with E-state index < -0.39 is 9.84 Å². The number of anilines is 1. The van der Waals surface area contributed by atoms with Crippen molar-refractivity contribution >= 4 is 42.2 Å². The minimum atomic E-state index is -3.59. The molecule has 0 aliphatic rings. The number of hydrogen-bond acceptors (Lipinski definition) is 6. The average molecular weight is 390 g/mol. The van der Waals surface area contributed by atoms with E-state index >= 15 is 0 Å². The van der Waals surface area contributed by atoms with Gasteiger partial charge < -0.3 is 4.90 Å². The summed E-state index contributed by atoms with van der Waals surface area (Å²) in [6.45, 7) is 5.80. The largest absolute Gasteiger partial charge is 0.349 e. The molecule has 0 amide bonds. The molecule has 3 aromatic rings. The molecule has 0 fully saturated rings. The number of fused-ring (bicyclic) bond motifs is 1. The lowest BCUT2D eigenvalue weighted by Gasteiger charge is -2.16. The van der Waals surface area contributed by atoms with Crippen molar-refractivity contribution in [3.8, 4) is 0 Å². The Morgan fingerprint density at radius 2 is 1.85 bits per heavy atom. The smallest absolute Gasteiger partial charge is 0.186 e. The van der Waals surface area contributed by atoms with Crippen LogP contribution >= 0.6 is 11.3 Å². The summed E-state index contributed by atoms with van der Waals surface area (Å²) in [5.41, 5.74) is 7.12. The molecule has 136 valence electrons. The van der Waals surface area contributed by atoms with Gasteiger partial charge in [0.2, 0.25) is 0 Å². The Kier molecular flexibility index (Phi) is 5.33. The topological polar surface area (TPSA) is 88.2 Å². The van der Waals surface area contributed by atoms with Gasteiger partial charge >= 0.3 is 0 Å². The van der Waals surface area contributed by atoms with Gasteiger partial charge in [0, 0.05) is 13.1 Å². The van der Waals surface area contributed by atoms with Gasteiger partial charge in [0.15, 0.2) is 15.0 Å². The first-order chi connectivity index (χ1) is 12.5. The van der Waals surface area contributed by atoms with Gasteiger partial charge in [0.25, 0.3) is 0 Å². The first-order valence-corrected chi connectivity index (χ1v) is 10.8. The van der Waals surface area contributed by atoms with E-state index in [0.29, 0.717) is 5.52 Å². The molecule has 1 aromatic heterocycles. The van der Waals surface area contributed by atoms with Crippen LogP contribution in [0.25, 0.3) is 10.2 Å². The van der Waals surface area contributed by atoms with Crippen molar-refractivity contribution in [2.45, 2.75) is 24.5 Å². The normalized spacial score (nSPS) is 11.6. The molecule has 0 bridgehead atoms. The van der Waals surface area contributed by atoms with Crippen molar-refractivity contribution in [1.82, 2.24) is 4.98 Å². The minimum absolute atomic E-state index is 0.102. The lowest BCUT2D eigenvalue weighted by atomic mass is 10.2. The fraction of sp³-hybridized carbons (Fsp3) is 0.278. The summed E-state index contributed by atoms with van der Waals surface area (Å²) in [6.07, 6.45) is 0. The van der Waals surface area contributed by atoms with Gasteiger partial charge in [-0.25, -0.2) is 13.4 Å². The molecule has 2 N–H and O–H groups in total. The first-order valence-electron chi connectivity index (χ1n) is 8.35. The maximum absolute atomic E-state index is 12.9. The zero-order valence-electron chi connectivity index (χ0n) is 14.7. The summed E-state index contributed by atoms with van der Waals surface area (Å²) in [4.78, 5) is 6.85. The predicted octanol–water partition coefficient (Wildman–Crippen LogP) is 2.96. The Morgan fingerprint density at radius 3 is 2.46 bits per heavy atom. The van der Waals surface area contributed by atoms with E-state index in [2.05, 4.69) is 28.8 Å². The molecule has 0 saturated heterocycles. The molecule has 2 aromatic carbocycles. The molecule has 0 aliphatic carbocycles. The first kappa shape index (κ1) is 18.5. The van der Waals surface area contributed by atoms with Gasteiger partial charge in [-0.15, -0.1) is 0 Å². The Labute approximate surface area is 156 Å². The van der Waals surface area contributed by atoms with Crippen LogP contribution < -0.4 is 10.4 Å². The molecular formula is C18H21N4O2S2+. The standard InChI is InChI=1S/C18H20N4O2S2/c1-3-22(4-2)18-20-14-11-17(15(21-19)10-16(14)25-18)26(23,24)12-13-8-6-5-7-9-13/h5-11,19H,3-4,12H2,1-2H3/p+1. The van der Waals surface area contributed by atoms with Gasteiger partial charge in [0.05, 0.1) is 16.0 Å². The molecule has 1 heterocycles. The summed E-state index contributed by atoms with van der Waals surface area (Å²) < 4.78 is 26.7. The summed E-state index contributed by atoms with van der Waals surface area (Å²) in [6, 6.07) is 12.4. The highest BCUT2D eigenvalue weighted by atomic mass is 32.2. The molecule has 0 spiro atoms. The second kappa shape index (κ2) is 7.51. The zero-order valence-corrected chi connectivity index (χ0v) is 16.3. The third-order valence-electron chi connectivity index (χ3n) is 4.17. The number of thiazole rings is 1. The fourth-order valence-corrected chi connectivity index (χ4v) is 5.40. The summed E-state index contributed by atoms with van der Waals surface area (Å²) in [7, 11) is -3.59. The van der Waals surface area contributed by atoms with Gasteiger partial charge in [-0.2, -0.15) is 5.53 Å². The van der Waals surface area contributed by atoms with Crippen molar-refractivity contribution in [3.05, 3.63) is 48.0 Å². The second-order valence-electron chi connectivity index (χ2n) is 5.83. The number of nitrogens with zero attached hydrogens (tertiary/aromatic N) is 3. The third kappa shape index (κ3) is 3.61. The van der Waals surface area contributed by atoms with E-state index in [1.165, 1.54) is 11.3 Å². The summed E-state index contributed by atoms with van der Waals surface area (Å²) in [5, 5.41) is 4.58. The molecule has 6 nitrogen and oxygen atoms in total. The zero-order chi connectivity index (χ0) is 18.7. The average Bonchev–Trinajstić information content (AvgIpc) is 3.04. The van der Waals surface area contributed by atoms with Crippen LogP contribution in [0.2, 0.25) is 0 Å². The summed E-state index contributed by atoms with van der Waals surface area (Å²) >= 11 is 1.51. The molecule has 0 unspecified atom stereocenters. The molecule has 0 aliphatic heterocycles. The van der Waals surface area contributed by atoms with Crippen LogP contribution in [0.3, 0.4) is 0 Å². The lowest BCUT2D eigenvalue weighted by molar-refractivity contribution is -0.210. The summed E-state index contributed by atoms with van der Waals surface area (Å²) in [5.74, 6) is -0.102.